The zero-order chi connectivity index (χ0) is 12.9. The van der Waals surface area contributed by atoms with Crippen molar-refractivity contribution in [1.82, 2.24) is 0 Å². The number of halogens is 1. The maximum Gasteiger partial charge on any atom is 0.139 e. The molecule has 106 valence electrons. The molecule has 3 nitrogen and oxygen atoms in total. The van der Waals surface area contributed by atoms with E-state index in [9.17, 15) is 5.11 Å². The van der Waals surface area contributed by atoms with Gasteiger partial charge in [-0.15, -0.1) is 0 Å². The summed E-state index contributed by atoms with van der Waals surface area (Å²) in [5.41, 5.74) is -0.855. The second kappa shape index (κ2) is 8.01. The van der Waals surface area contributed by atoms with Crippen LogP contribution in [-0.4, -0.2) is 43.6 Å². The molecular formula is C14H26ClNO2. The van der Waals surface area contributed by atoms with Crippen molar-refractivity contribution in [3.63, 3.8) is 0 Å². The van der Waals surface area contributed by atoms with Crippen LogP contribution in [0.3, 0.4) is 0 Å². The third-order valence-corrected chi connectivity index (χ3v) is 3.59. The Kier molecular flexibility index (Phi) is 7.89. The normalized spacial score (nSPS) is 17.3. The minimum Gasteiger partial charge on any atom is -1.00 e. The predicted octanol–water partition coefficient (Wildman–Crippen LogP) is -3.05. The monoisotopic (exact) mass is 275 g/mol. The van der Waals surface area contributed by atoms with Crippen molar-refractivity contribution in [3.05, 3.63) is 0 Å². The summed E-state index contributed by atoms with van der Waals surface area (Å²) >= 11 is 0. The first-order valence-electron chi connectivity index (χ1n) is 6.60. The minimum absolute atomic E-state index is 0. The highest BCUT2D eigenvalue weighted by Gasteiger charge is 2.32. The van der Waals surface area contributed by atoms with E-state index in [0.29, 0.717) is 0 Å². The third kappa shape index (κ3) is 4.78. The Morgan fingerprint density at radius 1 is 1.17 bits per heavy atom. The first-order chi connectivity index (χ1) is 7.97. The lowest BCUT2D eigenvalue weighted by Gasteiger charge is -2.30. The highest BCUT2D eigenvalue weighted by atomic mass is 35.5. The van der Waals surface area contributed by atoms with Gasteiger partial charge in [-0.25, -0.2) is 0 Å². The van der Waals surface area contributed by atoms with Crippen molar-refractivity contribution < 1.29 is 27.2 Å². The molecule has 0 aromatic heterocycles. The first kappa shape index (κ1) is 17.7. The van der Waals surface area contributed by atoms with Crippen LogP contribution in [0.2, 0.25) is 0 Å². The number of ether oxygens (including phenoxy) is 1. The van der Waals surface area contributed by atoms with Gasteiger partial charge in [0.15, 0.2) is 0 Å². The Hall–Kier alpha value is -0.270. The number of nitrogens with one attached hydrogen (secondary N) is 1. The molecule has 0 spiro atoms. The summed E-state index contributed by atoms with van der Waals surface area (Å²) in [5.74, 6) is 6.58. The molecule has 1 heterocycles. The summed E-state index contributed by atoms with van der Waals surface area (Å²) in [4.78, 5) is 1.46. The Balaban J connectivity index is 0.00000289. The lowest BCUT2D eigenvalue weighted by Crippen LogP contribution is -3.14. The molecule has 0 amide bonds. The number of hydrogen-bond acceptors (Lipinski definition) is 2. The van der Waals surface area contributed by atoms with Gasteiger partial charge in [-0.05, 0) is 17.8 Å². The summed E-state index contributed by atoms with van der Waals surface area (Å²) in [5, 5.41) is 10.5. The molecular weight excluding hydrogens is 250 g/mol. The molecule has 18 heavy (non-hydrogen) atoms. The lowest BCUT2D eigenvalue weighted by molar-refractivity contribution is -0.900. The second-order valence-corrected chi connectivity index (χ2v) is 5.48. The van der Waals surface area contributed by atoms with Crippen LogP contribution in [0, 0.1) is 23.7 Å². The fourth-order valence-electron chi connectivity index (χ4n) is 2.10. The smallest absolute Gasteiger partial charge is 0.139 e. The van der Waals surface area contributed by atoms with Gasteiger partial charge in [-0.1, -0.05) is 33.6 Å². The fraction of sp³-hybridized carbons (Fsp3) is 0.857. The molecule has 0 aromatic carbocycles. The van der Waals surface area contributed by atoms with Gasteiger partial charge in [0.1, 0.15) is 25.2 Å². The minimum atomic E-state index is -0.855. The molecule has 1 aliphatic rings. The molecule has 4 heteroatoms. The van der Waals surface area contributed by atoms with Gasteiger partial charge in [0, 0.05) is 0 Å². The van der Waals surface area contributed by atoms with Gasteiger partial charge >= 0.3 is 0 Å². The molecule has 1 fully saturated rings. The van der Waals surface area contributed by atoms with Gasteiger partial charge in [0.2, 0.25) is 0 Å². The van der Waals surface area contributed by atoms with E-state index in [1.165, 1.54) is 4.90 Å². The third-order valence-electron chi connectivity index (χ3n) is 3.59. The van der Waals surface area contributed by atoms with Crippen LogP contribution in [0.15, 0.2) is 0 Å². The molecule has 0 saturated carbocycles. The number of quaternary nitrogens is 1. The Labute approximate surface area is 117 Å². The van der Waals surface area contributed by atoms with E-state index in [0.717, 1.165) is 32.8 Å². The van der Waals surface area contributed by atoms with Crippen LogP contribution in [0.5, 0.6) is 0 Å². The highest BCUT2D eigenvalue weighted by Crippen LogP contribution is 2.24. The van der Waals surface area contributed by atoms with E-state index in [2.05, 4.69) is 11.8 Å². The Morgan fingerprint density at radius 2 is 1.67 bits per heavy atom. The van der Waals surface area contributed by atoms with Crippen LogP contribution in [0.1, 0.15) is 27.7 Å². The van der Waals surface area contributed by atoms with Crippen molar-refractivity contribution in [2.24, 2.45) is 11.8 Å². The van der Waals surface area contributed by atoms with E-state index < -0.39 is 5.60 Å². The van der Waals surface area contributed by atoms with E-state index >= 15 is 0 Å². The molecule has 0 bridgehead atoms. The molecule has 1 aliphatic heterocycles. The summed E-state index contributed by atoms with van der Waals surface area (Å²) < 4.78 is 5.31. The van der Waals surface area contributed by atoms with Gasteiger partial charge in [-0.3, -0.25) is 0 Å². The zero-order valence-electron chi connectivity index (χ0n) is 11.9. The second-order valence-electron chi connectivity index (χ2n) is 5.48. The summed E-state index contributed by atoms with van der Waals surface area (Å²) in [7, 11) is 0. The lowest BCUT2D eigenvalue weighted by atomic mass is 9.81. The van der Waals surface area contributed by atoms with Gasteiger partial charge in [0.05, 0.1) is 13.2 Å². The molecule has 0 aromatic rings. The van der Waals surface area contributed by atoms with Gasteiger partial charge in [0.25, 0.3) is 0 Å². The number of morpholine rings is 1. The topological polar surface area (TPSA) is 33.9 Å². The zero-order valence-corrected chi connectivity index (χ0v) is 12.7. The van der Waals surface area contributed by atoms with Crippen LogP contribution < -0.4 is 17.3 Å². The predicted molar refractivity (Wildman–Crippen MR) is 68.8 cm³/mol. The average Bonchev–Trinajstić information content (AvgIpc) is 2.29. The molecule has 0 atom stereocenters. The molecule has 0 unspecified atom stereocenters. The van der Waals surface area contributed by atoms with Crippen molar-refractivity contribution in [2.75, 3.05) is 32.8 Å². The van der Waals surface area contributed by atoms with E-state index in [4.69, 9.17) is 4.74 Å². The van der Waals surface area contributed by atoms with Crippen molar-refractivity contribution in [3.8, 4) is 11.8 Å². The largest absolute Gasteiger partial charge is 1.00 e. The summed E-state index contributed by atoms with van der Waals surface area (Å²) in [6, 6.07) is 0. The Bertz CT molecular complexity index is 280. The SMILES string of the molecule is CC(C)C(O)(C#CC[NH+]1CCOCC1)C(C)C.[Cl-]. The van der Waals surface area contributed by atoms with E-state index in [1.807, 2.05) is 27.7 Å². The van der Waals surface area contributed by atoms with Gasteiger partial charge < -0.3 is 27.2 Å². The Morgan fingerprint density at radius 3 is 2.11 bits per heavy atom. The summed E-state index contributed by atoms with van der Waals surface area (Å²) in [6.45, 7) is 12.6. The van der Waals surface area contributed by atoms with Crippen LogP contribution in [-0.2, 0) is 4.74 Å². The molecule has 0 aliphatic carbocycles. The van der Waals surface area contributed by atoms with Crippen molar-refractivity contribution in [1.29, 1.82) is 0 Å². The molecule has 2 N–H and O–H groups in total. The van der Waals surface area contributed by atoms with Crippen LogP contribution in [0.4, 0.5) is 0 Å². The maximum absolute atomic E-state index is 10.5. The maximum atomic E-state index is 10.5. The standard InChI is InChI=1S/C14H25NO2.ClH/c1-12(2)14(16,13(3)4)6-5-7-15-8-10-17-11-9-15;/h12-13,16H,7-11H2,1-4H3;1H. The number of rotatable bonds is 3. The van der Waals surface area contributed by atoms with Crippen molar-refractivity contribution >= 4 is 0 Å². The number of aliphatic hydroxyl groups is 1. The fourth-order valence-corrected chi connectivity index (χ4v) is 2.10. The van der Waals surface area contributed by atoms with E-state index in [-0.39, 0.29) is 24.2 Å². The molecule has 1 rings (SSSR count). The van der Waals surface area contributed by atoms with Gasteiger partial charge in [-0.2, -0.15) is 0 Å². The quantitative estimate of drug-likeness (QED) is 0.537. The van der Waals surface area contributed by atoms with Crippen molar-refractivity contribution in [2.45, 2.75) is 33.3 Å². The highest BCUT2D eigenvalue weighted by molar-refractivity contribution is 5.16. The van der Waals surface area contributed by atoms with Crippen LogP contribution >= 0.6 is 0 Å². The molecule has 1 saturated heterocycles. The number of hydrogen-bond donors (Lipinski definition) is 2. The van der Waals surface area contributed by atoms with Crippen LogP contribution in [0.25, 0.3) is 0 Å². The summed E-state index contributed by atoms with van der Waals surface area (Å²) in [6.07, 6.45) is 0. The average molecular weight is 276 g/mol. The first-order valence-corrected chi connectivity index (χ1v) is 6.60. The molecule has 0 radical (unpaired) electrons. The van der Waals surface area contributed by atoms with E-state index in [1.54, 1.807) is 0 Å².